The van der Waals surface area contributed by atoms with Crippen LogP contribution in [-0.2, 0) is 21.4 Å². The molecule has 2 aromatic carbocycles. The number of hydrogen-bond acceptors (Lipinski definition) is 7. The monoisotopic (exact) mass is 590 g/mol. The first-order valence-corrected chi connectivity index (χ1v) is 16.0. The Hall–Kier alpha value is -3.63. The summed E-state index contributed by atoms with van der Waals surface area (Å²) in [6.45, 7) is 10.4. The molecule has 0 fully saturated rings. The van der Waals surface area contributed by atoms with Gasteiger partial charge < -0.3 is 9.84 Å². The summed E-state index contributed by atoms with van der Waals surface area (Å²) in [7, 11) is -3.88. The number of benzene rings is 2. The number of aryl methyl sites for hydroxylation is 1. The van der Waals surface area contributed by atoms with Gasteiger partial charge in [0.2, 0.25) is 15.9 Å². The summed E-state index contributed by atoms with van der Waals surface area (Å²) in [5.41, 5.74) is 6.30. The van der Waals surface area contributed by atoms with Crippen LogP contribution in [0, 0.1) is 13.8 Å². The maximum absolute atomic E-state index is 13.7. The van der Waals surface area contributed by atoms with Crippen LogP contribution in [0.25, 0.3) is 0 Å². The lowest BCUT2D eigenvalue weighted by atomic mass is 9.81. The van der Waals surface area contributed by atoms with E-state index in [2.05, 4.69) is 35.1 Å². The molecule has 0 amide bonds. The predicted molar refractivity (Wildman–Crippen MR) is 160 cm³/mol. The number of azo groups is 1. The molecule has 0 bridgehead atoms. The smallest absolute Gasteiger partial charge is 0.304 e. The molecule has 5 rings (SSSR count). The lowest BCUT2D eigenvalue weighted by Crippen LogP contribution is -2.36. The fourth-order valence-corrected chi connectivity index (χ4v) is 7.54. The van der Waals surface area contributed by atoms with E-state index in [1.54, 1.807) is 6.07 Å². The van der Waals surface area contributed by atoms with Crippen LogP contribution < -0.4 is 4.74 Å². The van der Waals surface area contributed by atoms with E-state index in [0.29, 0.717) is 6.42 Å². The van der Waals surface area contributed by atoms with E-state index in [9.17, 15) is 18.3 Å². The summed E-state index contributed by atoms with van der Waals surface area (Å²) in [4.78, 5) is 16.4. The molecule has 3 aromatic rings. The number of aromatic nitrogens is 1. The molecule has 42 heavy (non-hydrogen) atoms. The first-order valence-electron chi connectivity index (χ1n) is 14.5. The Morgan fingerprint density at radius 3 is 2.64 bits per heavy atom. The van der Waals surface area contributed by atoms with Gasteiger partial charge in [-0.3, -0.25) is 4.79 Å². The molecular weight excluding hydrogens is 552 g/mol. The first kappa shape index (κ1) is 29.8. The number of carboxylic acid groups (broad SMARTS) is 1. The highest BCUT2D eigenvalue weighted by Crippen LogP contribution is 2.43. The van der Waals surface area contributed by atoms with Crippen LogP contribution in [0.4, 0.5) is 5.69 Å². The van der Waals surface area contributed by atoms with Gasteiger partial charge in [-0.2, -0.15) is 14.5 Å². The van der Waals surface area contributed by atoms with Crippen LogP contribution in [-0.4, -0.2) is 47.5 Å². The summed E-state index contributed by atoms with van der Waals surface area (Å²) in [6, 6.07) is 13.2. The van der Waals surface area contributed by atoms with Crippen LogP contribution in [0.3, 0.4) is 0 Å². The van der Waals surface area contributed by atoms with Crippen LogP contribution in [0.2, 0.25) is 0 Å². The number of fused-ring (bicyclic) bond motifs is 2. The van der Waals surface area contributed by atoms with Gasteiger partial charge >= 0.3 is 5.97 Å². The van der Waals surface area contributed by atoms with Crippen molar-refractivity contribution in [2.75, 3.05) is 6.54 Å². The summed E-state index contributed by atoms with van der Waals surface area (Å²) in [5.74, 6) is -1.01. The number of nitrogens with zero attached hydrogens (tertiary/aromatic N) is 4. The molecule has 4 atom stereocenters. The maximum atomic E-state index is 13.7. The van der Waals surface area contributed by atoms with Crippen molar-refractivity contribution in [3.05, 3.63) is 82.0 Å². The number of aliphatic carboxylic acids is 1. The Labute approximate surface area is 247 Å². The average Bonchev–Trinajstić information content (AvgIpc) is 3.07. The second-order valence-electron chi connectivity index (χ2n) is 11.3. The van der Waals surface area contributed by atoms with Crippen molar-refractivity contribution in [3.8, 4) is 5.88 Å². The number of rotatable bonds is 8. The number of hydrogen-bond donors (Lipinski definition) is 1. The molecule has 0 saturated heterocycles. The number of sulfonamides is 1. The third-order valence-corrected chi connectivity index (χ3v) is 10.5. The van der Waals surface area contributed by atoms with Crippen LogP contribution >= 0.6 is 0 Å². The molecule has 4 unspecified atom stereocenters. The molecule has 0 aliphatic carbocycles. The van der Waals surface area contributed by atoms with E-state index in [1.807, 2.05) is 45.0 Å². The number of ether oxygens (including phenoxy) is 1. The molecule has 0 spiro atoms. The van der Waals surface area contributed by atoms with Crippen LogP contribution in [0.5, 0.6) is 5.88 Å². The van der Waals surface area contributed by atoms with E-state index >= 15 is 0 Å². The molecule has 9 nitrogen and oxygen atoms in total. The van der Waals surface area contributed by atoms with Crippen molar-refractivity contribution < 1.29 is 23.1 Å². The van der Waals surface area contributed by atoms with E-state index in [1.165, 1.54) is 16.6 Å². The van der Waals surface area contributed by atoms with Crippen LogP contribution in [0.15, 0.2) is 63.8 Å². The van der Waals surface area contributed by atoms with Gasteiger partial charge in [0, 0.05) is 24.6 Å². The summed E-state index contributed by atoms with van der Waals surface area (Å²) in [5, 5.41) is 19.0. The molecular formula is C32H38N4O5S. The molecule has 10 heteroatoms. The normalized spacial score (nSPS) is 22.0. The van der Waals surface area contributed by atoms with E-state index < -0.39 is 21.9 Å². The molecule has 2 aliphatic heterocycles. The average molecular weight is 591 g/mol. The number of carboxylic acids is 1. The molecule has 0 radical (unpaired) electrons. The molecule has 222 valence electrons. The van der Waals surface area contributed by atoms with Gasteiger partial charge in [-0.05, 0) is 72.2 Å². The van der Waals surface area contributed by atoms with Crippen molar-refractivity contribution >= 4 is 21.7 Å². The number of pyridine rings is 1. The fraction of sp³-hybridized carbons (Fsp3) is 0.438. The number of carbonyl (C=O) groups is 1. The standard InChI is InChI=1S/C32H38N4O5S/c1-6-24-18-36(42(39,40)29-9-8-14-33-32(29)41-24)17-23-15-22(11-10-19(23)3)27(16-30(37)38)25-12-13-26-20(4)28(7-2)34-35-31(26)21(25)5/h8-15,20,24,27-28H,6-7,16-18H2,1-5H3,(H,37,38). The van der Waals surface area contributed by atoms with Crippen molar-refractivity contribution in [1.82, 2.24) is 9.29 Å². The third-order valence-electron chi connectivity index (χ3n) is 8.67. The van der Waals surface area contributed by atoms with Crippen molar-refractivity contribution in [2.45, 2.75) is 89.3 Å². The van der Waals surface area contributed by atoms with Gasteiger partial charge in [0.25, 0.3) is 0 Å². The third kappa shape index (κ3) is 5.57. The Balaban J connectivity index is 1.54. The zero-order chi connectivity index (χ0) is 30.2. The van der Waals surface area contributed by atoms with Gasteiger partial charge in [0.1, 0.15) is 11.0 Å². The topological polar surface area (TPSA) is 122 Å². The zero-order valence-electron chi connectivity index (χ0n) is 24.7. The SMILES string of the molecule is CCC1CN(Cc2cc(C(CC(=O)O)c3ccc4c(c3C)N=NC(CC)C4C)ccc2C)S(=O)(=O)c2cccnc2O1. The van der Waals surface area contributed by atoms with Gasteiger partial charge in [0.15, 0.2) is 0 Å². The van der Waals surface area contributed by atoms with Crippen molar-refractivity contribution in [2.24, 2.45) is 10.2 Å². The molecule has 1 aromatic heterocycles. The van der Waals surface area contributed by atoms with Crippen molar-refractivity contribution in [1.29, 1.82) is 0 Å². The highest BCUT2D eigenvalue weighted by atomic mass is 32.2. The minimum absolute atomic E-state index is 0.0527. The van der Waals surface area contributed by atoms with Crippen LogP contribution in [0.1, 0.15) is 85.3 Å². The Kier molecular flexibility index (Phi) is 8.48. The largest absolute Gasteiger partial charge is 0.481 e. The second kappa shape index (κ2) is 11.9. The molecule has 2 aliphatic rings. The van der Waals surface area contributed by atoms with E-state index in [-0.39, 0.29) is 48.3 Å². The lowest BCUT2D eigenvalue weighted by molar-refractivity contribution is -0.137. The molecule has 3 heterocycles. The second-order valence-corrected chi connectivity index (χ2v) is 13.2. The Bertz CT molecular complexity index is 1640. The van der Waals surface area contributed by atoms with E-state index in [4.69, 9.17) is 4.74 Å². The molecule has 1 N–H and O–H groups in total. The van der Waals surface area contributed by atoms with Gasteiger partial charge in [-0.1, -0.05) is 51.1 Å². The highest BCUT2D eigenvalue weighted by molar-refractivity contribution is 7.89. The van der Waals surface area contributed by atoms with Gasteiger partial charge in [-0.25, -0.2) is 13.4 Å². The minimum Gasteiger partial charge on any atom is -0.481 e. The predicted octanol–water partition coefficient (Wildman–Crippen LogP) is 6.65. The quantitative estimate of drug-likeness (QED) is 0.314. The highest BCUT2D eigenvalue weighted by Gasteiger charge is 2.35. The van der Waals surface area contributed by atoms with Gasteiger partial charge in [-0.15, -0.1) is 0 Å². The van der Waals surface area contributed by atoms with Crippen molar-refractivity contribution in [3.63, 3.8) is 0 Å². The molecule has 0 saturated carbocycles. The summed E-state index contributed by atoms with van der Waals surface area (Å²) < 4.78 is 34.9. The van der Waals surface area contributed by atoms with E-state index in [0.717, 1.165) is 45.5 Å². The summed E-state index contributed by atoms with van der Waals surface area (Å²) >= 11 is 0. The summed E-state index contributed by atoms with van der Waals surface area (Å²) in [6.07, 6.45) is 2.59. The fourth-order valence-electron chi connectivity index (χ4n) is 6.02. The zero-order valence-corrected chi connectivity index (χ0v) is 25.6. The Morgan fingerprint density at radius 2 is 1.93 bits per heavy atom. The minimum atomic E-state index is -3.88. The van der Waals surface area contributed by atoms with Gasteiger partial charge in [0.05, 0.1) is 24.7 Å². The first-order chi connectivity index (χ1) is 20.0. The Morgan fingerprint density at radius 1 is 1.14 bits per heavy atom. The lowest BCUT2D eigenvalue weighted by Gasteiger charge is -2.28. The maximum Gasteiger partial charge on any atom is 0.304 e.